The van der Waals surface area contributed by atoms with Gasteiger partial charge in [0.2, 0.25) is 5.91 Å². The summed E-state index contributed by atoms with van der Waals surface area (Å²) in [6.45, 7) is 2.31. The fourth-order valence-electron chi connectivity index (χ4n) is 2.03. The molecule has 1 aliphatic heterocycles. The second-order valence-electron chi connectivity index (χ2n) is 4.55. The lowest BCUT2D eigenvalue weighted by Crippen LogP contribution is -2.25. The van der Waals surface area contributed by atoms with Crippen LogP contribution in [0.25, 0.3) is 10.4 Å². The second-order valence-corrected chi connectivity index (χ2v) is 5.39. The number of hydrogen-bond donors (Lipinski definition) is 0. The number of azide groups is 1. The maximum Gasteiger partial charge on any atom is 0.381 e. The van der Waals surface area contributed by atoms with Gasteiger partial charge in [-0.3, -0.25) is 14.5 Å². The molecule has 0 bridgehead atoms. The topological polar surface area (TPSA) is 125 Å². The quantitative estimate of drug-likeness (QED) is 0.196. The summed E-state index contributed by atoms with van der Waals surface area (Å²) in [5, 5.41) is 5.23. The number of hydrogen-bond acceptors (Lipinski definition) is 7. The van der Waals surface area contributed by atoms with Crippen molar-refractivity contribution in [2.75, 3.05) is 24.6 Å². The average Bonchev–Trinajstić information content (AvgIpc) is 3.11. The number of anilines is 1. The number of ketones is 1. The zero-order valence-electron chi connectivity index (χ0n) is 11.8. The zero-order chi connectivity index (χ0) is 16.1. The van der Waals surface area contributed by atoms with E-state index >= 15 is 0 Å². The largest absolute Gasteiger partial charge is 0.460 e. The highest BCUT2D eigenvalue weighted by atomic mass is 32.1. The molecule has 10 heteroatoms. The van der Waals surface area contributed by atoms with Gasteiger partial charge in [-0.1, -0.05) is 5.11 Å². The van der Waals surface area contributed by atoms with Gasteiger partial charge in [-0.25, -0.2) is 9.78 Å². The maximum atomic E-state index is 11.9. The van der Waals surface area contributed by atoms with E-state index in [0.717, 1.165) is 11.3 Å². The Balaban J connectivity index is 2.08. The van der Waals surface area contributed by atoms with Crippen molar-refractivity contribution < 1.29 is 19.1 Å². The summed E-state index contributed by atoms with van der Waals surface area (Å²) in [6, 6.07) is 0. The fourth-order valence-corrected chi connectivity index (χ4v) is 2.87. The number of amides is 1. The molecule has 0 aliphatic carbocycles. The van der Waals surface area contributed by atoms with Gasteiger partial charge in [-0.15, -0.1) is 11.3 Å². The molecule has 1 atom stereocenters. The van der Waals surface area contributed by atoms with Gasteiger partial charge in [0.25, 0.3) is 5.78 Å². The van der Waals surface area contributed by atoms with Crippen LogP contribution in [0.5, 0.6) is 0 Å². The predicted molar refractivity (Wildman–Crippen MR) is 77.6 cm³/mol. The first kappa shape index (κ1) is 15.9. The van der Waals surface area contributed by atoms with Gasteiger partial charge in [0, 0.05) is 29.8 Å². The lowest BCUT2D eigenvalue weighted by molar-refractivity contribution is -0.137. The first-order valence-corrected chi connectivity index (χ1v) is 7.43. The molecule has 22 heavy (non-hydrogen) atoms. The minimum atomic E-state index is -0.965. The molecule has 1 aliphatic rings. The van der Waals surface area contributed by atoms with Gasteiger partial charge in [0.1, 0.15) is 5.69 Å². The summed E-state index contributed by atoms with van der Waals surface area (Å²) < 4.78 is 4.62. The summed E-state index contributed by atoms with van der Waals surface area (Å²) in [5.74, 6) is -2.02. The molecular formula is C12H13N5O4S. The van der Waals surface area contributed by atoms with Crippen molar-refractivity contribution in [1.82, 2.24) is 4.98 Å². The van der Waals surface area contributed by atoms with Crippen LogP contribution in [0.1, 0.15) is 23.8 Å². The Hall–Kier alpha value is -2.45. The third kappa shape index (κ3) is 3.41. The molecule has 0 saturated carbocycles. The normalized spacial score (nSPS) is 17.2. The van der Waals surface area contributed by atoms with E-state index in [-0.39, 0.29) is 37.1 Å². The SMILES string of the molecule is CCOC(=O)C(=O)c1csc(N2CC(CN=[N+]=[N-])CC2=O)n1. The Labute approximate surface area is 129 Å². The Bertz CT molecular complexity index is 652. The molecule has 0 aromatic carbocycles. The van der Waals surface area contributed by atoms with E-state index in [4.69, 9.17) is 5.53 Å². The van der Waals surface area contributed by atoms with Crippen molar-refractivity contribution in [3.63, 3.8) is 0 Å². The third-order valence-corrected chi connectivity index (χ3v) is 3.89. The first-order valence-electron chi connectivity index (χ1n) is 6.55. The van der Waals surface area contributed by atoms with Gasteiger partial charge < -0.3 is 4.74 Å². The Kier molecular flexibility index (Phi) is 5.08. The monoisotopic (exact) mass is 323 g/mol. The predicted octanol–water partition coefficient (Wildman–Crippen LogP) is 1.55. The highest BCUT2D eigenvalue weighted by Gasteiger charge is 2.32. The number of rotatable bonds is 6. The van der Waals surface area contributed by atoms with Crippen LogP contribution >= 0.6 is 11.3 Å². The van der Waals surface area contributed by atoms with E-state index in [1.54, 1.807) is 6.92 Å². The van der Waals surface area contributed by atoms with E-state index in [0.29, 0.717) is 11.7 Å². The van der Waals surface area contributed by atoms with E-state index < -0.39 is 11.8 Å². The summed E-state index contributed by atoms with van der Waals surface area (Å²) >= 11 is 1.10. The highest BCUT2D eigenvalue weighted by molar-refractivity contribution is 7.14. The minimum absolute atomic E-state index is 0.0373. The number of carbonyl (C=O) groups excluding carboxylic acids is 3. The summed E-state index contributed by atoms with van der Waals surface area (Å²) in [5.41, 5.74) is 8.27. The van der Waals surface area contributed by atoms with Crippen LogP contribution in [-0.4, -0.2) is 42.3 Å². The molecule has 1 amide bonds. The number of aromatic nitrogens is 1. The van der Waals surface area contributed by atoms with E-state index in [2.05, 4.69) is 19.7 Å². The number of thiazole rings is 1. The van der Waals surface area contributed by atoms with Crippen LogP contribution in [0.2, 0.25) is 0 Å². The van der Waals surface area contributed by atoms with Crippen molar-refractivity contribution in [1.29, 1.82) is 0 Å². The number of ether oxygens (including phenoxy) is 1. The smallest absolute Gasteiger partial charge is 0.381 e. The molecule has 1 aromatic heterocycles. The van der Waals surface area contributed by atoms with E-state index in [1.807, 2.05) is 0 Å². The average molecular weight is 323 g/mol. The number of carbonyl (C=O) groups is 3. The lowest BCUT2D eigenvalue weighted by Gasteiger charge is -2.11. The van der Waals surface area contributed by atoms with Gasteiger partial charge >= 0.3 is 5.97 Å². The first-order chi connectivity index (χ1) is 10.6. The molecular weight excluding hydrogens is 310 g/mol. The summed E-state index contributed by atoms with van der Waals surface area (Å²) in [4.78, 5) is 43.2. The molecule has 0 radical (unpaired) electrons. The Morgan fingerprint density at radius 2 is 2.41 bits per heavy atom. The van der Waals surface area contributed by atoms with Gasteiger partial charge in [0.05, 0.1) is 6.61 Å². The minimum Gasteiger partial charge on any atom is -0.460 e. The Morgan fingerprint density at radius 3 is 3.09 bits per heavy atom. The fraction of sp³-hybridized carbons (Fsp3) is 0.500. The molecule has 0 spiro atoms. The molecule has 0 N–H and O–H groups in total. The number of nitrogens with zero attached hydrogens (tertiary/aromatic N) is 5. The van der Waals surface area contributed by atoms with Crippen LogP contribution in [0.3, 0.4) is 0 Å². The Morgan fingerprint density at radius 1 is 1.64 bits per heavy atom. The molecule has 1 aromatic rings. The van der Waals surface area contributed by atoms with Crippen molar-refractivity contribution in [2.45, 2.75) is 13.3 Å². The summed E-state index contributed by atoms with van der Waals surface area (Å²) in [6.07, 6.45) is 0.264. The van der Waals surface area contributed by atoms with Crippen molar-refractivity contribution >= 4 is 34.1 Å². The zero-order valence-corrected chi connectivity index (χ0v) is 12.6. The van der Waals surface area contributed by atoms with Crippen molar-refractivity contribution in [3.8, 4) is 0 Å². The second kappa shape index (κ2) is 7.01. The van der Waals surface area contributed by atoms with Gasteiger partial charge in [-0.2, -0.15) is 0 Å². The van der Waals surface area contributed by atoms with E-state index in [9.17, 15) is 14.4 Å². The number of Topliss-reactive ketones (excluding diaryl/α,β-unsaturated/α-hetero) is 1. The number of esters is 1. The summed E-state index contributed by atoms with van der Waals surface area (Å²) in [7, 11) is 0. The molecule has 2 rings (SSSR count). The lowest BCUT2D eigenvalue weighted by atomic mass is 10.1. The van der Waals surface area contributed by atoms with E-state index in [1.165, 1.54) is 10.3 Å². The molecule has 1 fully saturated rings. The van der Waals surface area contributed by atoms with Gasteiger partial charge in [-0.05, 0) is 18.4 Å². The molecule has 9 nitrogen and oxygen atoms in total. The van der Waals surface area contributed by atoms with Crippen molar-refractivity contribution in [2.24, 2.45) is 11.0 Å². The van der Waals surface area contributed by atoms with Crippen LogP contribution in [-0.2, 0) is 14.3 Å². The highest BCUT2D eigenvalue weighted by Crippen LogP contribution is 2.28. The van der Waals surface area contributed by atoms with Crippen molar-refractivity contribution in [3.05, 3.63) is 21.5 Å². The third-order valence-electron chi connectivity index (χ3n) is 3.02. The maximum absolute atomic E-state index is 11.9. The van der Waals surface area contributed by atoms with Crippen LogP contribution in [0.15, 0.2) is 10.5 Å². The standard InChI is InChI=1S/C12H13N5O4S/c1-2-21-11(20)10(19)8-6-22-12(15-8)17-5-7(3-9(17)18)4-14-16-13/h6-7H,2-5H2,1H3. The molecule has 2 heterocycles. The van der Waals surface area contributed by atoms with Gasteiger partial charge in [0.15, 0.2) is 5.13 Å². The van der Waals surface area contributed by atoms with Crippen LogP contribution in [0, 0.1) is 5.92 Å². The molecule has 1 saturated heterocycles. The molecule has 1 unspecified atom stereocenters. The van der Waals surface area contributed by atoms with Crippen LogP contribution in [0.4, 0.5) is 5.13 Å². The van der Waals surface area contributed by atoms with Crippen LogP contribution < -0.4 is 4.90 Å². The molecule has 116 valence electrons.